The molecule has 7 nitrogen and oxygen atoms in total. The minimum Gasteiger partial charge on any atom is -0.466 e. The number of piperazine rings is 1. The first-order valence-corrected chi connectivity index (χ1v) is 11.3. The Hall–Kier alpha value is -2.58. The lowest BCUT2D eigenvalue weighted by atomic mass is 9.93. The number of aryl methyl sites for hydroxylation is 1. The van der Waals surface area contributed by atoms with E-state index in [1.807, 2.05) is 53.3 Å². The number of ether oxygens (including phenoxy) is 1. The monoisotopic (exact) mass is 440 g/mol. The lowest BCUT2D eigenvalue weighted by Gasteiger charge is -2.37. The summed E-state index contributed by atoms with van der Waals surface area (Å²) in [5.74, 6) is -0.290. The molecule has 0 N–H and O–H groups in total. The zero-order chi connectivity index (χ0) is 22.1. The van der Waals surface area contributed by atoms with Crippen molar-refractivity contribution in [3.8, 4) is 0 Å². The smallest absolute Gasteiger partial charge is 0.338 e. The number of methoxy groups -OCH3 is 1. The van der Waals surface area contributed by atoms with Gasteiger partial charge in [-0.3, -0.25) is 4.79 Å². The highest BCUT2D eigenvalue weighted by atomic mass is 32.2. The van der Waals surface area contributed by atoms with Crippen LogP contribution in [0.1, 0.15) is 30.5 Å². The first-order valence-electron chi connectivity index (χ1n) is 10.4. The van der Waals surface area contributed by atoms with Crippen molar-refractivity contribution >= 4 is 28.8 Å². The quantitative estimate of drug-likeness (QED) is 0.671. The van der Waals surface area contributed by atoms with E-state index < -0.39 is 5.97 Å². The van der Waals surface area contributed by atoms with E-state index in [1.54, 1.807) is 0 Å². The molecule has 4 rings (SSSR count). The molecule has 0 aliphatic carbocycles. The van der Waals surface area contributed by atoms with Crippen LogP contribution in [-0.2, 0) is 14.3 Å². The van der Waals surface area contributed by atoms with Gasteiger partial charge >= 0.3 is 5.97 Å². The van der Waals surface area contributed by atoms with Crippen LogP contribution < -0.4 is 0 Å². The summed E-state index contributed by atoms with van der Waals surface area (Å²) < 4.78 is 5.11. The number of aliphatic imine (C=N–C) groups is 1. The predicted octanol–water partition coefficient (Wildman–Crippen LogP) is 2.91. The highest BCUT2D eigenvalue weighted by molar-refractivity contribution is 8.16. The Morgan fingerprint density at radius 1 is 1.13 bits per heavy atom. The molecule has 8 heteroatoms. The number of allylic oxidation sites excluding steroid dienone is 1. The number of amidine groups is 1. The SMILES string of the molecule is COC(=O)C1=C(C)N=C2SC=C(CC(=O)N3CCN(C)CC3)N2C1c1ccc(C)cc1. The van der Waals surface area contributed by atoms with Crippen LogP contribution in [0.15, 0.2) is 51.6 Å². The Morgan fingerprint density at radius 2 is 1.81 bits per heavy atom. The third-order valence-electron chi connectivity index (χ3n) is 5.99. The van der Waals surface area contributed by atoms with Gasteiger partial charge in [0.1, 0.15) is 0 Å². The molecule has 0 aromatic heterocycles. The van der Waals surface area contributed by atoms with Crippen molar-refractivity contribution in [2.24, 2.45) is 4.99 Å². The molecule has 3 aliphatic rings. The minimum absolute atomic E-state index is 0.106. The molecule has 1 aromatic carbocycles. The Balaban J connectivity index is 1.65. The molecule has 1 aromatic rings. The second-order valence-electron chi connectivity index (χ2n) is 8.16. The molecule has 3 aliphatic heterocycles. The number of rotatable bonds is 4. The predicted molar refractivity (Wildman–Crippen MR) is 122 cm³/mol. The van der Waals surface area contributed by atoms with E-state index in [9.17, 15) is 9.59 Å². The summed E-state index contributed by atoms with van der Waals surface area (Å²) in [6.07, 6.45) is 0.283. The van der Waals surface area contributed by atoms with Crippen molar-refractivity contribution in [2.75, 3.05) is 40.3 Å². The summed E-state index contributed by atoms with van der Waals surface area (Å²) in [7, 11) is 3.46. The Kier molecular flexibility index (Phi) is 6.20. The van der Waals surface area contributed by atoms with Crippen LogP contribution >= 0.6 is 11.8 Å². The average molecular weight is 441 g/mol. The molecular formula is C23H28N4O3S. The van der Waals surface area contributed by atoms with Crippen LogP contribution in [0.25, 0.3) is 0 Å². The number of thioether (sulfide) groups is 1. The van der Waals surface area contributed by atoms with E-state index >= 15 is 0 Å². The number of hydrogen-bond acceptors (Lipinski definition) is 7. The van der Waals surface area contributed by atoms with Crippen molar-refractivity contribution in [1.29, 1.82) is 0 Å². The zero-order valence-electron chi connectivity index (χ0n) is 18.4. The second kappa shape index (κ2) is 8.88. The fourth-order valence-corrected chi connectivity index (χ4v) is 5.09. The summed E-state index contributed by atoms with van der Waals surface area (Å²) >= 11 is 1.50. The molecule has 0 bridgehead atoms. The number of benzene rings is 1. The van der Waals surface area contributed by atoms with E-state index in [4.69, 9.17) is 4.74 Å². The maximum atomic E-state index is 13.0. The number of hydrogen-bond donors (Lipinski definition) is 0. The molecule has 1 saturated heterocycles. The molecule has 31 heavy (non-hydrogen) atoms. The molecular weight excluding hydrogens is 412 g/mol. The highest BCUT2D eigenvalue weighted by Gasteiger charge is 2.41. The topological polar surface area (TPSA) is 65.5 Å². The van der Waals surface area contributed by atoms with E-state index in [0.29, 0.717) is 11.3 Å². The van der Waals surface area contributed by atoms with Gasteiger partial charge in [0.05, 0.1) is 30.8 Å². The lowest BCUT2D eigenvalue weighted by molar-refractivity contribution is -0.136. The third kappa shape index (κ3) is 4.27. The first-order chi connectivity index (χ1) is 14.9. The molecule has 1 unspecified atom stereocenters. The molecule has 1 atom stereocenters. The normalized spacial score (nSPS) is 21.6. The van der Waals surface area contributed by atoms with Crippen molar-refractivity contribution in [1.82, 2.24) is 14.7 Å². The number of amides is 1. The van der Waals surface area contributed by atoms with Crippen LogP contribution in [0.5, 0.6) is 0 Å². The number of carbonyl (C=O) groups excluding carboxylic acids is 2. The number of nitrogens with zero attached hydrogens (tertiary/aromatic N) is 4. The molecule has 1 amide bonds. The standard InChI is InChI=1S/C23H28N4O3S/c1-15-5-7-17(8-6-15)21-20(22(29)30-4)16(2)24-23-27(21)18(14-31-23)13-19(28)26-11-9-25(3)10-12-26/h5-8,14,21H,9-13H2,1-4H3. The van der Waals surface area contributed by atoms with Crippen LogP contribution in [0.4, 0.5) is 0 Å². The third-order valence-corrected chi connectivity index (χ3v) is 6.88. The summed E-state index contributed by atoms with van der Waals surface area (Å²) in [4.78, 5) is 36.6. The zero-order valence-corrected chi connectivity index (χ0v) is 19.2. The Labute approximate surface area is 187 Å². The van der Waals surface area contributed by atoms with Crippen molar-refractivity contribution in [3.05, 3.63) is 57.8 Å². The van der Waals surface area contributed by atoms with Crippen molar-refractivity contribution in [3.63, 3.8) is 0 Å². The maximum absolute atomic E-state index is 13.0. The number of likely N-dealkylation sites (N-methyl/N-ethyl adjacent to an activating group) is 1. The highest BCUT2D eigenvalue weighted by Crippen LogP contribution is 2.44. The molecule has 0 saturated carbocycles. The van der Waals surface area contributed by atoms with Crippen molar-refractivity contribution in [2.45, 2.75) is 26.3 Å². The number of carbonyl (C=O) groups is 2. The second-order valence-corrected chi connectivity index (χ2v) is 8.99. The summed E-state index contributed by atoms with van der Waals surface area (Å²) in [6, 6.07) is 7.76. The summed E-state index contributed by atoms with van der Waals surface area (Å²) in [6.45, 7) is 7.12. The van der Waals surface area contributed by atoms with Gasteiger partial charge in [-0.05, 0) is 31.9 Å². The van der Waals surface area contributed by atoms with E-state index in [1.165, 1.54) is 18.9 Å². The van der Waals surface area contributed by atoms with Gasteiger partial charge in [0.2, 0.25) is 5.91 Å². The van der Waals surface area contributed by atoms with Crippen LogP contribution in [0.3, 0.4) is 0 Å². The lowest BCUT2D eigenvalue weighted by Crippen LogP contribution is -2.47. The first kappa shape index (κ1) is 21.6. The van der Waals surface area contributed by atoms with E-state index in [-0.39, 0.29) is 18.4 Å². The fourth-order valence-electron chi connectivity index (χ4n) is 4.13. The van der Waals surface area contributed by atoms with Crippen molar-refractivity contribution < 1.29 is 14.3 Å². The fraction of sp³-hybridized carbons (Fsp3) is 0.435. The number of fused-ring (bicyclic) bond motifs is 1. The van der Waals surface area contributed by atoms with Gasteiger partial charge in [-0.1, -0.05) is 41.6 Å². The Morgan fingerprint density at radius 3 is 2.45 bits per heavy atom. The number of esters is 1. The molecule has 0 radical (unpaired) electrons. The van der Waals surface area contributed by atoms with E-state index in [0.717, 1.165) is 48.2 Å². The van der Waals surface area contributed by atoms with Gasteiger partial charge in [0, 0.05) is 31.9 Å². The van der Waals surface area contributed by atoms with Crippen LogP contribution in [0, 0.1) is 6.92 Å². The largest absolute Gasteiger partial charge is 0.466 e. The van der Waals surface area contributed by atoms with Gasteiger partial charge in [0.15, 0.2) is 5.17 Å². The molecule has 3 heterocycles. The maximum Gasteiger partial charge on any atom is 0.338 e. The van der Waals surface area contributed by atoms with Crippen LogP contribution in [-0.4, -0.2) is 72.1 Å². The molecule has 0 spiro atoms. The minimum atomic E-state index is -0.396. The molecule has 164 valence electrons. The van der Waals surface area contributed by atoms with Crippen LogP contribution in [0.2, 0.25) is 0 Å². The molecule has 1 fully saturated rings. The summed E-state index contributed by atoms with van der Waals surface area (Å²) in [5, 5.41) is 2.78. The average Bonchev–Trinajstić information content (AvgIpc) is 3.15. The summed E-state index contributed by atoms with van der Waals surface area (Å²) in [5.41, 5.74) is 4.14. The van der Waals surface area contributed by atoms with Gasteiger partial charge in [-0.15, -0.1) is 0 Å². The van der Waals surface area contributed by atoms with E-state index in [2.05, 4.69) is 16.9 Å². The van der Waals surface area contributed by atoms with Gasteiger partial charge < -0.3 is 19.4 Å². The van der Waals surface area contributed by atoms with Gasteiger partial charge in [-0.25, -0.2) is 9.79 Å². The van der Waals surface area contributed by atoms with Gasteiger partial charge in [0.25, 0.3) is 0 Å². The van der Waals surface area contributed by atoms with Gasteiger partial charge in [-0.2, -0.15) is 0 Å². The Bertz CT molecular complexity index is 975.